The highest BCUT2D eigenvalue weighted by Crippen LogP contribution is 2.27. The van der Waals surface area contributed by atoms with Gasteiger partial charge in [0, 0.05) is 28.7 Å². The molecule has 5 heteroatoms. The number of rotatable bonds is 4. The Morgan fingerprint density at radius 2 is 1.61 bits per heavy atom. The van der Waals surface area contributed by atoms with Gasteiger partial charge in [0.1, 0.15) is 5.69 Å². The Morgan fingerprint density at radius 3 is 2.30 bits per heavy atom. The third-order valence-corrected chi connectivity index (χ3v) is 3.86. The van der Waals surface area contributed by atoms with E-state index in [2.05, 4.69) is 22.2 Å². The van der Waals surface area contributed by atoms with E-state index in [0.29, 0.717) is 0 Å². The number of nitrogen functional groups attached to an aromatic ring is 1. The highest BCUT2D eigenvalue weighted by Gasteiger charge is 2.12. The van der Waals surface area contributed by atoms with Gasteiger partial charge < -0.3 is 11.1 Å². The molecule has 0 aliphatic carbocycles. The maximum Gasteiger partial charge on any atom is 0.153 e. The maximum atomic E-state index is 5.94. The molecule has 0 radical (unpaired) electrons. The van der Waals surface area contributed by atoms with Gasteiger partial charge in [-0.25, -0.2) is 4.98 Å². The molecule has 1 atom stereocenters. The molecule has 1 heterocycles. The Kier molecular flexibility index (Phi) is 4.44. The topological polar surface area (TPSA) is 63.8 Å². The summed E-state index contributed by atoms with van der Waals surface area (Å²) in [6.45, 7) is 2.07. The summed E-state index contributed by atoms with van der Waals surface area (Å²) in [7, 11) is 0. The molecule has 0 unspecified atom stereocenters. The van der Waals surface area contributed by atoms with Crippen LogP contribution in [0.5, 0.6) is 0 Å². The third-order valence-electron chi connectivity index (χ3n) is 3.61. The molecule has 116 valence electrons. The van der Waals surface area contributed by atoms with Gasteiger partial charge >= 0.3 is 0 Å². The van der Waals surface area contributed by atoms with Crippen LogP contribution < -0.4 is 11.1 Å². The molecular weight excluding hydrogens is 308 g/mol. The number of nitrogens with zero attached hydrogens (tertiary/aromatic N) is 2. The van der Waals surface area contributed by atoms with Crippen LogP contribution in [0.15, 0.2) is 60.9 Å². The van der Waals surface area contributed by atoms with Crippen LogP contribution in [0.4, 0.5) is 11.5 Å². The predicted molar refractivity (Wildman–Crippen MR) is 95.4 cm³/mol. The number of anilines is 2. The SMILES string of the molecule is C[C@H](Nc1nccnc1-c1ccc(N)cc1)c1ccc(Cl)cc1. The predicted octanol–water partition coefficient (Wildman–Crippen LogP) is 4.55. The lowest BCUT2D eigenvalue weighted by atomic mass is 10.1. The largest absolute Gasteiger partial charge is 0.399 e. The van der Waals surface area contributed by atoms with Crippen LogP contribution >= 0.6 is 11.6 Å². The molecule has 2 aromatic carbocycles. The molecule has 3 rings (SSSR count). The van der Waals surface area contributed by atoms with Gasteiger partial charge in [0.25, 0.3) is 0 Å². The molecule has 0 amide bonds. The third kappa shape index (κ3) is 3.60. The first-order valence-corrected chi connectivity index (χ1v) is 7.70. The number of aromatic nitrogens is 2. The lowest BCUT2D eigenvalue weighted by molar-refractivity contribution is 0.872. The first-order valence-electron chi connectivity index (χ1n) is 7.32. The van der Waals surface area contributed by atoms with Crippen molar-refractivity contribution in [3.63, 3.8) is 0 Å². The van der Waals surface area contributed by atoms with Crippen molar-refractivity contribution < 1.29 is 0 Å². The summed E-state index contributed by atoms with van der Waals surface area (Å²) in [5, 5.41) is 4.14. The van der Waals surface area contributed by atoms with E-state index in [9.17, 15) is 0 Å². The summed E-state index contributed by atoms with van der Waals surface area (Å²) >= 11 is 5.94. The molecule has 0 saturated carbocycles. The Hall–Kier alpha value is -2.59. The van der Waals surface area contributed by atoms with Crippen LogP contribution in [0.1, 0.15) is 18.5 Å². The van der Waals surface area contributed by atoms with Gasteiger partial charge in [-0.3, -0.25) is 4.98 Å². The van der Waals surface area contributed by atoms with Gasteiger partial charge in [-0.2, -0.15) is 0 Å². The monoisotopic (exact) mass is 324 g/mol. The fourth-order valence-corrected chi connectivity index (χ4v) is 2.46. The molecular formula is C18H17ClN4. The zero-order valence-electron chi connectivity index (χ0n) is 12.7. The second-order valence-corrected chi connectivity index (χ2v) is 5.73. The normalized spacial score (nSPS) is 11.9. The van der Waals surface area contributed by atoms with E-state index in [0.717, 1.165) is 33.3 Å². The summed E-state index contributed by atoms with van der Waals surface area (Å²) in [4.78, 5) is 8.88. The van der Waals surface area contributed by atoms with Crippen LogP contribution in [0.3, 0.4) is 0 Å². The van der Waals surface area contributed by atoms with Gasteiger partial charge in [0.05, 0.1) is 6.04 Å². The molecule has 4 nitrogen and oxygen atoms in total. The highest BCUT2D eigenvalue weighted by atomic mass is 35.5. The van der Waals surface area contributed by atoms with Gasteiger partial charge in [-0.05, 0) is 36.8 Å². The van der Waals surface area contributed by atoms with Crippen LogP contribution in [-0.4, -0.2) is 9.97 Å². The van der Waals surface area contributed by atoms with Gasteiger partial charge in [-0.1, -0.05) is 35.9 Å². The van der Waals surface area contributed by atoms with Crippen molar-refractivity contribution in [3.05, 3.63) is 71.5 Å². The number of nitrogens with one attached hydrogen (secondary N) is 1. The first kappa shape index (κ1) is 15.3. The summed E-state index contributed by atoms with van der Waals surface area (Å²) in [5.74, 6) is 0.736. The van der Waals surface area contributed by atoms with E-state index < -0.39 is 0 Å². The van der Waals surface area contributed by atoms with E-state index in [1.54, 1.807) is 12.4 Å². The van der Waals surface area contributed by atoms with Crippen LogP contribution in [0, 0.1) is 0 Å². The highest BCUT2D eigenvalue weighted by molar-refractivity contribution is 6.30. The molecule has 0 spiro atoms. The van der Waals surface area contributed by atoms with Crippen molar-refractivity contribution in [1.82, 2.24) is 9.97 Å². The summed E-state index contributed by atoms with van der Waals surface area (Å²) in [5.41, 5.74) is 9.37. The zero-order chi connectivity index (χ0) is 16.2. The lowest BCUT2D eigenvalue weighted by Gasteiger charge is -2.17. The van der Waals surface area contributed by atoms with E-state index >= 15 is 0 Å². The van der Waals surface area contributed by atoms with Crippen molar-refractivity contribution in [3.8, 4) is 11.3 Å². The Balaban J connectivity index is 1.88. The molecule has 0 fully saturated rings. The molecule has 0 bridgehead atoms. The van der Waals surface area contributed by atoms with E-state index in [1.807, 2.05) is 48.5 Å². The fourth-order valence-electron chi connectivity index (χ4n) is 2.34. The number of halogens is 1. The standard InChI is InChI=1S/C18H17ClN4/c1-12(13-2-6-15(19)7-3-13)23-18-17(21-10-11-22-18)14-4-8-16(20)9-5-14/h2-12H,20H2,1H3,(H,22,23)/t12-/m0/s1. The molecule has 0 saturated heterocycles. The second kappa shape index (κ2) is 6.67. The smallest absolute Gasteiger partial charge is 0.153 e. The van der Waals surface area contributed by atoms with E-state index in [4.69, 9.17) is 17.3 Å². The molecule has 0 aliphatic rings. The van der Waals surface area contributed by atoms with Crippen LogP contribution in [0.25, 0.3) is 11.3 Å². The number of hydrogen-bond acceptors (Lipinski definition) is 4. The Bertz CT molecular complexity index is 785. The number of nitrogens with two attached hydrogens (primary N) is 1. The molecule has 1 aromatic heterocycles. The van der Waals surface area contributed by atoms with Crippen molar-refractivity contribution in [2.24, 2.45) is 0 Å². The van der Waals surface area contributed by atoms with E-state index in [1.165, 1.54) is 0 Å². The lowest BCUT2D eigenvalue weighted by Crippen LogP contribution is -2.09. The zero-order valence-corrected chi connectivity index (χ0v) is 13.5. The van der Waals surface area contributed by atoms with Gasteiger partial charge in [0.2, 0.25) is 0 Å². The second-order valence-electron chi connectivity index (χ2n) is 5.29. The minimum atomic E-state index is 0.0801. The molecule has 3 aromatic rings. The van der Waals surface area contributed by atoms with Gasteiger partial charge in [-0.15, -0.1) is 0 Å². The average Bonchev–Trinajstić information content (AvgIpc) is 2.57. The van der Waals surface area contributed by atoms with Crippen molar-refractivity contribution in [2.45, 2.75) is 13.0 Å². The van der Waals surface area contributed by atoms with Crippen molar-refractivity contribution in [1.29, 1.82) is 0 Å². The number of benzene rings is 2. The molecule has 23 heavy (non-hydrogen) atoms. The Morgan fingerprint density at radius 1 is 0.957 bits per heavy atom. The van der Waals surface area contributed by atoms with Crippen molar-refractivity contribution >= 4 is 23.1 Å². The van der Waals surface area contributed by atoms with E-state index in [-0.39, 0.29) is 6.04 Å². The number of hydrogen-bond donors (Lipinski definition) is 2. The minimum Gasteiger partial charge on any atom is -0.399 e. The maximum absolute atomic E-state index is 5.94. The fraction of sp³-hybridized carbons (Fsp3) is 0.111. The summed E-state index contributed by atoms with van der Waals surface area (Å²) < 4.78 is 0. The summed E-state index contributed by atoms with van der Waals surface area (Å²) in [6, 6.07) is 15.4. The summed E-state index contributed by atoms with van der Waals surface area (Å²) in [6.07, 6.45) is 3.36. The molecule has 3 N–H and O–H groups in total. The minimum absolute atomic E-state index is 0.0801. The van der Waals surface area contributed by atoms with Crippen LogP contribution in [0.2, 0.25) is 5.02 Å². The first-order chi connectivity index (χ1) is 11.1. The van der Waals surface area contributed by atoms with Crippen molar-refractivity contribution in [2.75, 3.05) is 11.1 Å². The average molecular weight is 325 g/mol. The quantitative estimate of drug-likeness (QED) is 0.691. The van der Waals surface area contributed by atoms with Crippen LogP contribution in [-0.2, 0) is 0 Å². The molecule has 0 aliphatic heterocycles. The Labute approximate surface area is 140 Å². The van der Waals surface area contributed by atoms with Gasteiger partial charge in [0.15, 0.2) is 5.82 Å².